The molecule has 0 saturated carbocycles. The minimum absolute atomic E-state index is 0.130. The molecule has 2 aromatic rings. The van der Waals surface area contributed by atoms with Gasteiger partial charge in [0.05, 0.1) is 10.4 Å². The van der Waals surface area contributed by atoms with Gasteiger partial charge in [0, 0.05) is 18.5 Å². The number of rotatable bonds is 3. The summed E-state index contributed by atoms with van der Waals surface area (Å²) in [6.07, 6.45) is 3.18. The molecule has 18 heavy (non-hydrogen) atoms. The summed E-state index contributed by atoms with van der Waals surface area (Å²) >= 11 is 0. The first-order valence-corrected chi connectivity index (χ1v) is 5.14. The standard InChI is InChI=1S/C11H9BN2O4/c15-12(16)10-7-9(1-2-11(10)14(17)18)8-3-5-13-6-4-8/h1-7,15-16H. The average molecular weight is 244 g/mol. The Morgan fingerprint density at radius 1 is 1.11 bits per heavy atom. The fourth-order valence-electron chi connectivity index (χ4n) is 1.65. The zero-order valence-corrected chi connectivity index (χ0v) is 9.22. The minimum atomic E-state index is -1.88. The summed E-state index contributed by atoms with van der Waals surface area (Å²) < 4.78 is 0. The molecule has 0 aliphatic rings. The molecule has 0 amide bonds. The van der Waals surface area contributed by atoms with E-state index in [-0.39, 0.29) is 11.2 Å². The molecular weight excluding hydrogens is 235 g/mol. The van der Waals surface area contributed by atoms with Gasteiger partial charge >= 0.3 is 7.12 Å². The molecule has 0 bridgehead atoms. The molecule has 7 heteroatoms. The van der Waals surface area contributed by atoms with Crippen molar-refractivity contribution in [3.63, 3.8) is 0 Å². The van der Waals surface area contributed by atoms with E-state index in [0.29, 0.717) is 5.56 Å². The van der Waals surface area contributed by atoms with Gasteiger partial charge in [-0.25, -0.2) is 0 Å². The van der Waals surface area contributed by atoms with Gasteiger partial charge in [0.1, 0.15) is 0 Å². The van der Waals surface area contributed by atoms with Crippen LogP contribution in [0.3, 0.4) is 0 Å². The largest absolute Gasteiger partial charge is 0.495 e. The molecule has 2 rings (SSSR count). The Morgan fingerprint density at radius 2 is 1.78 bits per heavy atom. The molecule has 0 atom stereocenters. The minimum Gasteiger partial charge on any atom is -0.423 e. The van der Waals surface area contributed by atoms with Crippen molar-refractivity contribution in [1.29, 1.82) is 0 Å². The number of benzene rings is 1. The summed E-state index contributed by atoms with van der Waals surface area (Å²) in [7, 11) is -1.88. The van der Waals surface area contributed by atoms with Gasteiger partial charge in [0.15, 0.2) is 0 Å². The highest BCUT2D eigenvalue weighted by Crippen LogP contribution is 2.20. The quantitative estimate of drug-likeness (QED) is 0.461. The lowest BCUT2D eigenvalue weighted by Crippen LogP contribution is -2.32. The molecule has 0 radical (unpaired) electrons. The molecule has 0 aliphatic heterocycles. The van der Waals surface area contributed by atoms with Gasteiger partial charge in [-0.3, -0.25) is 15.1 Å². The highest BCUT2D eigenvalue weighted by Gasteiger charge is 2.24. The Morgan fingerprint density at radius 3 is 2.33 bits per heavy atom. The third kappa shape index (κ3) is 2.37. The Balaban J connectivity index is 2.54. The van der Waals surface area contributed by atoms with Crippen molar-refractivity contribution in [2.24, 2.45) is 0 Å². The molecule has 2 N–H and O–H groups in total. The van der Waals surface area contributed by atoms with Crippen LogP contribution in [0.2, 0.25) is 0 Å². The summed E-state index contributed by atoms with van der Waals surface area (Å²) in [5.41, 5.74) is 1.00. The van der Waals surface area contributed by atoms with Crippen LogP contribution < -0.4 is 5.46 Å². The Hall–Kier alpha value is -2.25. The van der Waals surface area contributed by atoms with E-state index in [2.05, 4.69) is 4.98 Å². The van der Waals surface area contributed by atoms with Gasteiger partial charge in [-0.1, -0.05) is 0 Å². The van der Waals surface area contributed by atoms with Crippen LogP contribution in [0.25, 0.3) is 11.1 Å². The maximum atomic E-state index is 10.7. The fraction of sp³-hybridized carbons (Fsp3) is 0. The van der Waals surface area contributed by atoms with E-state index < -0.39 is 12.0 Å². The van der Waals surface area contributed by atoms with E-state index in [1.165, 1.54) is 12.1 Å². The van der Waals surface area contributed by atoms with Crippen LogP contribution in [0.1, 0.15) is 0 Å². The smallest absolute Gasteiger partial charge is 0.423 e. The first-order valence-electron chi connectivity index (χ1n) is 5.14. The van der Waals surface area contributed by atoms with Crippen molar-refractivity contribution >= 4 is 18.3 Å². The van der Waals surface area contributed by atoms with Gasteiger partial charge < -0.3 is 10.0 Å². The van der Waals surface area contributed by atoms with Crippen molar-refractivity contribution < 1.29 is 15.0 Å². The van der Waals surface area contributed by atoms with Crippen molar-refractivity contribution in [1.82, 2.24) is 4.98 Å². The van der Waals surface area contributed by atoms with Gasteiger partial charge in [-0.15, -0.1) is 0 Å². The van der Waals surface area contributed by atoms with Gasteiger partial charge in [-0.05, 0) is 35.4 Å². The Bertz CT molecular complexity index is 575. The average Bonchev–Trinajstić information content (AvgIpc) is 2.39. The van der Waals surface area contributed by atoms with Gasteiger partial charge in [0.2, 0.25) is 0 Å². The zero-order chi connectivity index (χ0) is 13.1. The first kappa shape index (κ1) is 12.2. The summed E-state index contributed by atoms with van der Waals surface area (Å²) in [5.74, 6) is 0. The fourth-order valence-corrected chi connectivity index (χ4v) is 1.65. The maximum absolute atomic E-state index is 10.7. The van der Waals surface area contributed by atoms with Crippen molar-refractivity contribution in [2.75, 3.05) is 0 Å². The van der Waals surface area contributed by atoms with E-state index >= 15 is 0 Å². The second-order valence-corrected chi connectivity index (χ2v) is 3.64. The molecule has 0 aliphatic carbocycles. The van der Waals surface area contributed by atoms with Gasteiger partial charge in [0.25, 0.3) is 5.69 Å². The van der Waals surface area contributed by atoms with E-state index in [9.17, 15) is 10.1 Å². The first-order chi connectivity index (χ1) is 8.59. The molecule has 6 nitrogen and oxygen atoms in total. The summed E-state index contributed by atoms with van der Waals surface area (Å²) in [4.78, 5) is 14.0. The lowest BCUT2D eigenvalue weighted by atomic mass is 9.77. The van der Waals surface area contributed by atoms with Gasteiger partial charge in [-0.2, -0.15) is 0 Å². The molecular formula is C11H9BN2O4. The molecule has 0 saturated heterocycles. The number of nitro benzene ring substituents is 1. The Kier molecular flexibility index (Phi) is 3.36. The predicted octanol–water partition coefficient (Wildman–Crippen LogP) is 0.337. The highest BCUT2D eigenvalue weighted by molar-refractivity contribution is 6.60. The highest BCUT2D eigenvalue weighted by atomic mass is 16.6. The molecule has 0 unspecified atom stereocenters. The van der Waals surface area contributed by atoms with Crippen LogP contribution in [0, 0.1) is 10.1 Å². The van der Waals surface area contributed by atoms with Crippen LogP contribution in [0.15, 0.2) is 42.7 Å². The summed E-state index contributed by atoms with van der Waals surface area (Å²) in [5, 5.41) is 29.1. The molecule has 0 fully saturated rings. The number of nitro groups is 1. The topological polar surface area (TPSA) is 96.5 Å². The van der Waals surface area contributed by atoms with Crippen LogP contribution in [-0.4, -0.2) is 27.1 Å². The van der Waals surface area contributed by atoms with Crippen molar-refractivity contribution in [3.05, 3.63) is 52.8 Å². The lowest BCUT2D eigenvalue weighted by molar-refractivity contribution is -0.383. The lowest BCUT2D eigenvalue weighted by Gasteiger charge is -2.05. The predicted molar refractivity (Wildman–Crippen MR) is 66.2 cm³/mol. The molecule has 90 valence electrons. The number of hydrogen-bond donors (Lipinski definition) is 2. The molecule has 1 aromatic carbocycles. The van der Waals surface area contributed by atoms with E-state index in [1.807, 2.05) is 0 Å². The van der Waals surface area contributed by atoms with Crippen LogP contribution in [-0.2, 0) is 0 Å². The number of nitrogens with zero attached hydrogens (tertiary/aromatic N) is 2. The van der Waals surface area contributed by atoms with Crippen LogP contribution in [0.4, 0.5) is 5.69 Å². The normalized spacial score (nSPS) is 10.1. The molecule has 0 spiro atoms. The molecule has 1 aromatic heterocycles. The second kappa shape index (κ2) is 4.95. The number of aromatic nitrogens is 1. The molecule has 1 heterocycles. The third-order valence-electron chi connectivity index (χ3n) is 2.52. The van der Waals surface area contributed by atoms with Crippen LogP contribution >= 0.6 is 0 Å². The number of hydrogen-bond acceptors (Lipinski definition) is 5. The zero-order valence-electron chi connectivity index (χ0n) is 9.22. The van der Waals surface area contributed by atoms with E-state index in [0.717, 1.165) is 5.56 Å². The monoisotopic (exact) mass is 244 g/mol. The van der Waals surface area contributed by atoms with E-state index in [1.54, 1.807) is 30.6 Å². The SMILES string of the molecule is O=[N+]([O-])c1ccc(-c2ccncc2)cc1B(O)O. The van der Waals surface area contributed by atoms with Crippen LogP contribution in [0.5, 0.6) is 0 Å². The summed E-state index contributed by atoms with van der Waals surface area (Å²) in [6, 6.07) is 7.66. The third-order valence-corrected chi connectivity index (χ3v) is 2.52. The number of pyridine rings is 1. The second-order valence-electron chi connectivity index (χ2n) is 3.64. The van der Waals surface area contributed by atoms with Crippen molar-refractivity contribution in [3.8, 4) is 11.1 Å². The van der Waals surface area contributed by atoms with Crippen molar-refractivity contribution in [2.45, 2.75) is 0 Å². The van der Waals surface area contributed by atoms with E-state index in [4.69, 9.17) is 10.0 Å². The maximum Gasteiger partial charge on any atom is 0.495 e. The summed E-state index contributed by atoms with van der Waals surface area (Å²) in [6.45, 7) is 0. The Labute approximate surface area is 103 Å².